The van der Waals surface area contributed by atoms with Gasteiger partial charge in [0.05, 0.1) is 11.4 Å². The fraction of sp³-hybridized carbons (Fsp3) is 0.308. The molecule has 0 aliphatic rings. The number of ether oxygens (including phenoxy) is 1. The summed E-state index contributed by atoms with van der Waals surface area (Å²) in [5.74, 6) is 0.593. The van der Waals surface area contributed by atoms with Gasteiger partial charge in [-0.3, -0.25) is 4.68 Å². The number of hydrogen-bond acceptors (Lipinski definition) is 5. The van der Waals surface area contributed by atoms with Crippen LogP contribution < -0.4 is 15.2 Å². The predicted molar refractivity (Wildman–Crippen MR) is 78.4 cm³/mol. The van der Waals surface area contributed by atoms with Crippen molar-refractivity contribution < 1.29 is 13.2 Å². The number of nitrogens with one attached hydrogen (secondary N) is 1. The molecule has 0 amide bonds. The van der Waals surface area contributed by atoms with E-state index in [9.17, 15) is 8.42 Å². The zero-order chi connectivity index (χ0) is 15.1. The van der Waals surface area contributed by atoms with Crippen molar-refractivity contribution in [1.29, 1.82) is 0 Å². The van der Waals surface area contributed by atoms with Gasteiger partial charge in [-0.2, -0.15) is 5.10 Å². The summed E-state index contributed by atoms with van der Waals surface area (Å²) in [4.78, 5) is 0.197. The van der Waals surface area contributed by atoms with E-state index in [-0.39, 0.29) is 11.4 Å². The van der Waals surface area contributed by atoms with Gasteiger partial charge in [-0.15, -0.1) is 0 Å². The Morgan fingerprint density at radius 2 is 2.05 bits per heavy atom. The van der Waals surface area contributed by atoms with E-state index in [0.29, 0.717) is 25.4 Å². The minimum Gasteiger partial charge on any atom is -0.492 e. The molecule has 0 bridgehead atoms. The third-order valence-corrected chi connectivity index (χ3v) is 4.19. The SMILES string of the molecule is NCCOc1ccc(S(=O)(=O)NCCn2cccn2)cc1. The van der Waals surface area contributed by atoms with Crippen LogP contribution >= 0.6 is 0 Å². The highest BCUT2D eigenvalue weighted by Gasteiger charge is 2.13. The number of nitrogens with two attached hydrogens (primary N) is 1. The van der Waals surface area contributed by atoms with E-state index in [2.05, 4.69) is 9.82 Å². The predicted octanol–water partition coefficient (Wildman–Crippen LogP) is 0.199. The van der Waals surface area contributed by atoms with Gasteiger partial charge in [0.2, 0.25) is 10.0 Å². The minimum atomic E-state index is -3.52. The van der Waals surface area contributed by atoms with Crippen LogP contribution in [-0.2, 0) is 16.6 Å². The number of sulfonamides is 1. The summed E-state index contributed by atoms with van der Waals surface area (Å²) in [6.45, 7) is 1.56. The number of benzene rings is 1. The molecule has 0 fully saturated rings. The molecule has 0 radical (unpaired) electrons. The van der Waals surface area contributed by atoms with Crippen molar-refractivity contribution in [3.05, 3.63) is 42.7 Å². The van der Waals surface area contributed by atoms with E-state index in [4.69, 9.17) is 10.5 Å². The normalized spacial score (nSPS) is 11.5. The summed E-state index contributed by atoms with van der Waals surface area (Å²) in [6.07, 6.45) is 3.42. The smallest absolute Gasteiger partial charge is 0.240 e. The molecule has 0 aliphatic carbocycles. The molecule has 7 nitrogen and oxygen atoms in total. The van der Waals surface area contributed by atoms with Gasteiger partial charge in [0.1, 0.15) is 12.4 Å². The fourth-order valence-electron chi connectivity index (χ4n) is 1.70. The van der Waals surface area contributed by atoms with Crippen LogP contribution in [0.4, 0.5) is 0 Å². The average molecular weight is 310 g/mol. The van der Waals surface area contributed by atoms with Crippen LogP contribution in [0.25, 0.3) is 0 Å². The maximum atomic E-state index is 12.1. The Morgan fingerprint density at radius 3 is 2.67 bits per heavy atom. The van der Waals surface area contributed by atoms with Gasteiger partial charge < -0.3 is 10.5 Å². The van der Waals surface area contributed by atoms with Gasteiger partial charge in [-0.05, 0) is 30.3 Å². The Balaban J connectivity index is 1.92. The number of rotatable bonds is 8. The number of aromatic nitrogens is 2. The summed E-state index contributed by atoms with van der Waals surface area (Å²) >= 11 is 0. The molecule has 2 rings (SSSR count). The van der Waals surface area contributed by atoms with E-state index < -0.39 is 10.0 Å². The standard InChI is InChI=1S/C13H18N4O3S/c14-6-11-20-12-2-4-13(5-3-12)21(18,19)16-8-10-17-9-1-7-15-17/h1-5,7,9,16H,6,8,10-11,14H2. The monoisotopic (exact) mass is 310 g/mol. The van der Waals surface area contributed by atoms with Crippen molar-refractivity contribution in [3.63, 3.8) is 0 Å². The molecule has 3 N–H and O–H groups in total. The Hall–Kier alpha value is -1.90. The van der Waals surface area contributed by atoms with Crippen LogP contribution in [0.15, 0.2) is 47.6 Å². The van der Waals surface area contributed by atoms with Crippen LogP contribution in [0.5, 0.6) is 5.75 Å². The highest BCUT2D eigenvalue weighted by molar-refractivity contribution is 7.89. The molecular weight excluding hydrogens is 292 g/mol. The van der Waals surface area contributed by atoms with Gasteiger partial charge in [0, 0.05) is 25.5 Å². The lowest BCUT2D eigenvalue weighted by molar-refractivity contribution is 0.328. The minimum absolute atomic E-state index is 0.197. The average Bonchev–Trinajstić information content (AvgIpc) is 2.98. The quantitative estimate of drug-likeness (QED) is 0.725. The van der Waals surface area contributed by atoms with Gasteiger partial charge >= 0.3 is 0 Å². The molecule has 1 heterocycles. The first-order chi connectivity index (χ1) is 10.1. The first kappa shape index (κ1) is 15.5. The molecule has 0 aliphatic heterocycles. The Morgan fingerprint density at radius 1 is 1.29 bits per heavy atom. The first-order valence-electron chi connectivity index (χ1n) is 6.52. The van der Waals surface area contributed by atoms with Crippen LogP contribution in [0.1, 0.15) is 0 Å². The molecule has 2 aromatic rings. The zero-order valence-electron chi connectivity index (χ0n) is 11.5. The van der Waals surface area contributed by atoms with E-state index in [1.54, 1.807) is 35.3 Å². The zero-order valence-corrected chi connectivity index (χ0v) is 12.3. The molecule has 0 saturated heterocycles. The summed E-state index contributed by atoms with van der Waals surface area (Å²) in [6, 6.07) is 8.01. The third-order valence-electron chi connectivity index (χ3n) is 2.71. The molecule has 21 heavy (non-hydrogen) atoms. The highest BCUT2D eigenvalue weighted by atomic mass is 32.2. The third kappa shape index (κ3) is 4.55. The molecule has 0 atom stereocenters. The second kappa shape index (κ2) is 7.21. The molecule has 0 spiro atoms. The maximum absolute atomic E-state index is 12.1. The van der Waals surface area contributed by atoms with Crippen molar-refractivity contribution in [1.82, 2.24) is 14.5 Å². The first-order valence-corrected chi connectivity index (χ1v) is 8.00. The van der Waals surface area contributed by atoms with Gasteiger partial charge in [-0.25, -0.2) is 13.1 Å². The lowest BCUT2D eigenvalue weighted by Gasteiger charge is -2.08. The fourth-order valence-corrected chi connectivity index (χ4v) is 2.72. The van der Waals surface area contributed by atoms with Gasteiger partial charge in [0.25, 0.3) is 0 Å². The molecule has 0 saturated carbocycles. The van der Waals surface area contributed by atoms with Crippen molar-refractivity contribution >= 4 is 10.0 Å². The summed E-state index contributed by atoms with van der Waals surface area (Å²) in [7, 11) is -3.52. The van der Waals surface area contributed by atoms with Crippen molar-refractivity contribution in [3.8, 4) is 5.75 Å². The van der Waals surface area contributed by atoms with Crippen molar-refractivity contribution in [2.24, 2.45) is 5.73 Å². The molecule has 8 heteroatoms. The Kier molecular flexibility index (Phi) is 5.32. The van der Waals surface area contributed by atoms with Crippen molar-refractivity contribution in [2.45, 2.75) is 11.4 Å². The van der Waals surface area contributed by atoms with Gasteiger partial charge in [-0.1, -0.05) is 0 Å². The van der Waals surface area contributed by atoms with Crippen molar-refractivity contribution in [2.75, 3.05) is 19.7 Å². The van der Waals surface area contributed by atoms with E-state index >= 15 is 0 Å². The van der Waals surface area contributed by atoms with Crippen LogP contribution in [0.3, 0.4) is 0 Å². The summed E-state index contributed by atoms with van der Waals surface area (Å²) in [5.41, 5.74) is 5.33. The second-order valence-electron chi connectivity index (χ2n) is 4.28. The van der Waals surface area contributed by atoms with E-state index in [0.717, 1.165) is 0 Å². The molecule has 114 valence electrons. The molecular formula is C13H18N4O3S. The van der Waals surface area contributed by atoms with Crippen LogP contribution in [0.2, 0.25) is 0 Å². The molecule has 0 unspecified atom stereocenters. The molecule has 1 aromatic carbocycles. The molecule has 1 aromatic heterocycles. The lowest BCUT2D eigenvalue weighted by atomic mass is 10.3. The maximum Gasteiger partial charge on any atom is 0.240 e. The largest absolute Gasteiger partial charge is 0.492 e. The number of nitrogens with zero attached hydrogens (tertiary/aromatic N) is 2. The van der Waals surface area contributed by atoms with Crippen LogP contribution in [0, 0.1) is 0 Å². The second-order valence-corrected chi connectivity index (χ2v) is 6.04. The summed E-state index contributed by atoms with van der Waals surface area (Å²) in [5, 5.41) is 4.00. The Labute approximate surface area is 123 Å². The van der Waals surface area contributed by atoms with E-state index in [1.807, 2.05) is 0 Å². The lowest BCUT2D eigenvalue weighted by Crippen LogP contribution is -2.27. The Bertz CT molecular complexity index is 639. The number of hydrogen-bond donors (Lipinski definition) is 2. The topological polar surface area (TPSA) is 99.2 Å². The van der Waals surface area contributed by atoms with Crippen LogP contribution in [-0.4, -0.2) is 37.9 Å². The van der Waals surface area contributed by atoms with E-state index in [1.165, 1.54) is 12.1 Å². The highest BCUT2D eigenvalue weighted by Crippen LogP contribution is 2.15. The van der Waals surface area contributed by atoms with Gasteiger partial charge in [0.15, 0.2) is 0 Å². The summed E-state index contributed by atoms with van der Waals surface area (Å²) < 4.78 is 33.7.